The van der Waals surface area contributed by atoms with Crippen molar-refractivity contribution >= 4 is 11.0 Å². The summed E-state index contributed by atoms with van der Waals surface area (Å²) in [6.07, 6.45) is 0. The highest BCUT2D eigenvalue weighted by molar-refractivity contribution is 5.82. The van der Waals surface area contributed by atoms with Crippen LogP contribution in [0.25, 0.3) is 11.0 Å². The van der Waals surface area contributed by atoms with Gasteiger partial charge in [0.2, 0.25) is 0 Å². The zero-order chi connectivity index (χ0) is 11.9. The van der Waals surface area contributed by atoms with E-state index in [1.54, 1.807) is 0 Å². The van der Waals surface area contributed by atoms with Crippen molar-refractivity contribution in [1.82, 2.24) is 0 Å². The summed E-state index contributed by atoms with van der Waals surface area (Å²) >= 11 is 0. The lowest BCUT2D eigenvalue weighted by molar-refractivity contribution is 0.571. The predicted octanol–water partition coefficient (Wildman–Crippen LogP) is 4.99. The number of hydrogen-bond acceptors (Lipinski definition) is 1. The Balaban J connectivity index is 2.73. The first-order valence-electron chi connectivity index (χ1n) is 6.03. The monoisotopic (exact) mass is 216 g/mol. The summed E-state index contributed by atoms with van der Waals surface area (Å²) in [7, 11) is 0. The summed E-state index contributed by atoms with van der Waals surface area (Å²) in [5.41, 5.74) is 3.79. The smallest absolute Gasteiger partial charge is 0.137 e. The highest BCUT2D eigenvalue weighted by atomic mass is 16.3. The van der Waals surface area contributed by atoms with Crippen LogP contribution in [0.1, 0.15) is 56.4 Å². The van der Waals surface area contributed by atoms with E-state index in [-0.39, 0.29) is 0 Å². The normalized spacial score (nSPS) is 11.9. The molecule has 1 heterocycles. The van der Waals surface area contributed by atoms with E-state index < -0.39 is 0 Å². The van der Waals surface area contributed by atoms with Crippen molar-refractivity contribution in [2.24, 2.45) is 0 Å². The van der Waals surface area contributed by atoms with Crippen LogP contribution in [-0.4, -0.2) is 0 Å². The number of benzene rings is 1. The van der Waals surface area contributed by atoms with E-state index in [0.717, 1.165) is 11.3 Å². The minimum Gasteiger partial charge on any atom is -0.461 e. The molecule has 0 N–H and O–H groups in total. The summed E-state index contributed by atoms with van der Waals surface area (Å²) < 4.78 is 5.80. The number of rotatable bonds is 2. The maximum Gasteiger partial charge on any atom is 0.137 e. The van der Waals surface area contributed by atoms with Crippen molar-refractivity contribution in [2.45, 2.75) is 46.5 Å². The van der Waals surface area contributed by atoms with Crippen LogP contribution in [0.4, 0.5) is 0 Å². The Hall–Kier alpha value is -1.24. The summed E-state index contributed by atoms with van der Waals surface area (Å²) in [5.74, 6) is 2.07. The number of aryl methyl sites for hydroxylation is 1. The van der Waals surface area contributed by atoms with Crippen LogP contribution < -0.4 is 0 Å². The molecule has 0 aliphatic carbocycles. The minimum atomic E-state index is 0.506. The fraction of sp³-hybridized carbons (Fsp3) is 0.467. The highest BCUT2D eigenvalue weighted by Gasteiger charge is 2.12. The lowest BCUT2D eigenvalue weighted by Gasteiger charge is -2.11. The van der Waals surface area contributed by atoms with Gasteiger partial charge in [-0.15, -0.1) is 0 Å². The van der Waals surface area contributed by atoms with Gasteiger partial charge in [0.15, 0.2) is 0 Å². The van der Waals surface area contributed by atoms with Crippen molar-refractivity contribution in [3.63, 3.8) is 0 Å². The quantitative estimate of drug-likeness (QED) is 0.689. The van der Waals surface area contributed by atoms with Gasteiger partial charge in [-0.3, -0.25) is 0 Å². The fourth-order valence-corrected chi connectivity index (χ4v) is 2.10. The molecule has 0 saturated carbocycles. The van der Waals surface area contributed by atoms with Crippen LogP contribution in [0, 0.1) is 6.92 Å². The molecule has 0 fully saturated rings. The minimum absolute atomic E-state index is 0.506. The third-order valence-electron chi connectivity index (χ3n) is 3.08. The SMILES string of the molecule is Cc1cc2cc(C(C)C)cc(C(C)C)c2o1. The standard InChI is InChI=1S/C15H20O/c1-9(2)12-7-13-6-11(5)16-15(13)14(8-12)10(3)4/h6-10H,1-5H3. The number of fused-ring (bicyclic) bond motifs is 1. The van der Waals surface area contributed by atoms with Gasteiger partial charge in [-0.05, 0) is 42.0 Å². The second-order valence-corrected chi connectivity index (χ2v) is 5.19. The van der Waals surface area contributed by atoms with Crippen LogP contribution in [0.5, 0.6) is 0 Å². The first-order valence-corrected chi connectivity index (χ1v) is 6.03. The zero-order valence-corrected chi connectivity index (χ0v) is 10.8. The molecule has 86 valence electrons. The van der Waals surface area contributed by atoms with E-state index in [4.69, 9.17) is 4.42 Å². The molecule has 0 aliphatic rings. The first kappa shape index (κ1) is 11.3. The molecule has 0 aliphatic heterocycles. The van der Waals surface area contributed by atoms with Gasteiger partial charge in [0.25, 0.3) is 0 Å². The Labute approximate surface area is 97.5 Å². The van der Waals surface area contributed by atoms with Crippen molar-refractivity contribution in [1.29, 1.82) is 0 Å². The summed E-state index contributed by atoms with van der Waals surface area (Å²) in [6, 6.07) is 6.68. The third-order valence-corrected chi connectivity index (χ3v) is 3.08. The van der Waals surface area contributed by atoms with Gasteiger partial charge in [-0.25, -0.2) is 0 Å². The molecule has 0 amide bonds. The third kappa shape index (κ3) is 1.87. The summed E-state index contributed by atoms with van der Waals surface area (Å²) in [5, 5.41) is 1.24. The van der Waals surface area contributed by atoms with Gasteiger partial charge in [0.1, 0.15) is 11.3 Å². The van der Waals surface area contributed by atoms with Crippen molar-refractivity contribution in [3.05, 3.63) is 35.1 Å². The molecule has 2 aromatic rings. The molecule has 1 nitrogen and oxygen atoms in total. The van der Waals surface area contributed by atoms with Crippen LogP contribution in [0.3, 0.4) is 0 Å². The second-order valence-electron chi connectivity index (χ2n) is 5.19. The van der Waals surface area contributed by atoms with Crippen molar-refractivity contribution < 1.29 is 4.42 Å². The Kier molecular flexibility index (Phi) is 2.79. The van der Waals surface area contributed by atoms with Crippen molar-refractivity contribution in [3.8, 4) is 0 Å². The molecular formula is C15H20O. The van der Waals surface area contributed by atoms with Crippen LogP contribution in [0.15, 0.2) is 22.6 Å². The summed E-state index contributed by atoms with van der Waals surface area (Å²) in [6.45, 7) is 10.9. The van der Waals surface area contributed by atoms with Gasteiger partial charge in [0.05, 0.1) is 0 Å². The fourth-order valence-electron chi connectivity index (χ4n) is 2.10. The Morgan fingerprint density at radius 1 is 0.938 bits per heavy atom. The van der Waals surface area contributed by atoms with Crippen LogP contribution >= 0.6 is 0 Å². The Bertz CT molecular complexity index is 503. The van der Waals surface area contributed by atoms with E-state index in [0.29, 0.717) is 11.8 Å². The van der Waals surface area contributed by atoms with Crippen LogP contribution in [0.2, 0.25) is 0 Å². The van der Waals surface area contributed by atoms with E-state index in [1.807, 2.05) is 6.92 Å². The van der Waals surface area contributed by atoms with Gasteiger partial charge < -0.3 is 4.42 Å². The molecule has 0 unspecified atom stereocenters. The molecule has 1 aromatic carbocycles. The molecule has 0 radical (unpaired) electrons. The molecule has 0 atom stereocenters. The molecule has 16 heavy (non-hydrogen) atoms. The number of furan rings is 1. The second kappa shape index (κ2) is 3.97. The Morgan fingerprint density at radius 2 is 1.62 bits per heavy atom. The van der Waals surface area contributed by atoms with Gasteiger partial charge in [-0.2, -0.15) is 0 Å². The average Bonchev–Trinajstić information content (AvgIpc) is 2.55. The average molecular weight is 216 g/mol. The van der Waals surface area contributed by atoms with Crippen LogP contribution in [-0.2, 0) is 0 Å². The zero-order valence-electron chi connectivity index (χ0n) is 10.8. The summed E-state index contributed by atoms with van der Waals surface area (Å²) in [4.78, 5) is 0. The molecule has 1 heteroatoms. The molecule has 2 rings (SSSR count). The molecule has 0 saturated heterocycles. The van der Waals surface area contributed by atoms with E-state index in [9.17, 15) is 0 Å². The highest BCUT2D eigenvalue weighted by Crippen LogP contribution is 2.31. The first-order chi connectivity index (χ1) is 7.49. The Morgan fingerprint density at radius 3 is 2.19 bits per heavy atom. The van der Waals surface area contributed by atoms with E-state index in [1.165, 1.54) is 16.5 Å². The van der Waals surface area contributed by atoms with Gasteiger partial charge in [-0.1, -0.05) is 33.8 Å². The lowest BCUT2D eigenvalue weighted by atomic mass is 9.94. The van der Waals surface area contributed by atoms with Crippen molar-refractivity contribution in [2.75, 3.05) is 0 Å². The van der Waals surface area contributed by atoms with E-state index >= 15 is 0 Å². The van der Waals surface area contributed by atoms with Gasteiger partial charge in [0, 0.05) is 5.39 Å². The maximum absolute atomic E-state index is 5.80. The molecule has 0 spiro atoms. The largest absolute Gasteiger partial charge is 0.461 e. The topological polar surface area (TPSA) is 13.1 Å². The lowest BCUT2D eigenvalue weighted by Crippen LogP contribution is -1.93. The maximum atomic E-state index is 5.80. The van der Waals surface area contributed by atoms with Gasteiger partial charge >= 0.3 is 0 Å². The molecule has 1 aromatic heterocycles. The van der Waals surface area contributed by atoms with E-state index in [2.05, 4.69) is 45.9 Å². The predicted molar refractivity (Wildman–Crippen MR) is 69.1 cm³/mol. The molecule has 0 bridgehead atoms. The number of hydrogen-bond donors (Lipinski definition) is 0. The molecular weight excluding hydrogens is 196 g/mol.